The Balaban J connectivity index is 1.79. The molecule has 1 fully saturated rings. The fourth-order valence-electron chi connectivity index (χ4n) is 3.28. The molecule has 24 heavy (non-hydrogen) atoms. The van der Waals surface area contributed by atoms with E-state index in [9.17, 15) is 4.79 Å². The topological polar surface area (TPSA) is 27.9 Å². The molecule has 1 amide bonds. The zero-order valence-electron chi connectivity index (χ0n) is 13.6. The van der Waals surface area contributed by atoms with E-state index < -0.39 is 0 Å². The van der Waals surface area contributed by atoms with Crippen molar-refractivity contribution in [1.82, 2.24) is 9.80 Å². The predicted octanol–water partition coefficient (Wildman–Crippen LogP) is 2.84. The van der Waals surface area contributed by atoms with Crippen LogP contribution in [0.15, 0.2) is 60.7 Å². The lowest BCUT2D eigenvalue weighted by Crippen LogP contribution is -2.50. The summed E-state index contributed by atoms with van der Waals surface area (Å²) in [4.78, 5) is 19.3. The lowest BCUT2D eigenvalue weighted by atomic mass is 9.96. The van der Waals surface area contributed by atoms with Crippen molar-refractivity contribution in [3.05, 3.63) is 83.2 Å². The summed E-state index contributed by atoms with van der Waals surface area (Å²) in [6.07, 6.45) is 0. The van der Waals surface area contributed by atoms with Crippen LogP contribution in [0.2, 0.25) is 0 Å². The van der Waals surface area contributed by atoms with Crippen molar-refractivity contribution in [3.63, 3.8) is 0 Å². The summed E-state index contributed by atoms with van der Waals surface area (Å²) in [5.41, 5.74) is 2.54. The third kappa shape index (κ3) is 3.64. The van der Waals surface area contributed by atoms with E-state index in [-0.39, 0.29) is 18.5 Å². The van der Waals surface area contributed by atoms with Crippen molar-refractivity contribution in [1.29, 1.82) is 0 Å². The van der Waals surface area contributed by atoms with Crippen LogP contribution in [0.4, 0.5) is 0 Å². The number of benzene rings is 2. The number of carbonyl (C=O) groups excluding carboxylic acids is 1. The number of hydrogen-bond acceptors (Lipinski definition) is 2. The van der Waals surface area contributed by atoms with Gasteiger partial charge in [-0.25, -0.2) is 6.57 Å². The van der Waals surface area contributed by atoms with Crippen LogP contribution in [0, 0.1) is 6.57 Å². The van der Waals surface area contributed by atoms with E-state index >= 15 is 0 Å². The van der Waals surface area contributed by atoms with E-state index in [1.165, 1.54) is 11.1 Å². The van der Waals surface area contributed by atoms with Gasteiger partial charge in [-0.1, -0.05) is 60.7 Å². The Morgan fingerprint density at radius 1 is 0.917 bits per heavy atom. The molecule has 1 aliphatic rings. The maximum Gasteiger partial charge on any atom is 0.302 e. The maximum atomic E-state index is 11.9. The molecule has 3 rings (SSSR count). The standard InChI is InChI=1S/C20H21N3O/c1-21-16-19(24)22-12-14-23(15-13-22)20(17-8-4-2-5-9-17)18-10-6-3-7-11-18/h2-11,20H,12-16H2. The van der Waals surface area contributed by atoms with Gasteiger partial charge in [0.15, 0.2) is 0 Å². The minimum absolute atomic E-state index is 0.0409. The fourth-order valence-corrected chi connectivity index (χ4v) is 3.28. The first kappa shape index (κ1) is 16.2. The summed E-state index contributed by atoms with van der Waals surface area (Å²) < 4.78 is 0. The van der Waals surface area contributed by atoms with Crippen molar-refractivity contribution >= 4 is 5.91 Å². The van der Waals surface area contributed by atoms with Gasteiger partial charge in [-0.05, 0) is 11.1 Å². The number of carbonyl (C=O) groups is 1. The van der Waals surface area contributed by atoms with E-state index in [2.05, 4.69) is 58.3 Å². The highest BCUT2D eigenvalue weighted by Crippen LogP contribution is 2.29. The Kier molecular flexibility index (Phi) is 5.25. The minimum Gasteiger partial charge on any atom is -0.334 e. The number of amides is 1. The monoisotopic (exact) mass is 319 g/mol. The molecule has 4 nitrogen and oxygen atoms in total. The van der Waals surface area contributed by atoms with Crippen LogP contribution in [0.3, 0.4) is 0 Å². The van der Waals surface area contributed by atoms with Gasteiger partial charge in [-0.15, -0.1) is 0 Å². The summed E-state index contributed by atoms with van der Waals surface area (Å²) in [5, 5.41) is 0. The zero-order valence-corrected chi connectivity index (χ0v) is 13.6. The molecule has 2 aromatic carbocycles. The molecule has 0 atom stereocenters. The van der Waals surface area contributed by atoms with Gasteiger partial charge in [-0.2, -0.15) is 0 Å². The van der Waals surface area contributed by atoms with Gasteiger partial charge in [0, 0.05) is 26.2 Å². The molecule has 0 unspecified atom stereocenters. The molecule has 0 aromatic heterocycles. The van der Waals surface area contributed by atoms with Crippen molar-refractivity contribution in [2.45, 2.75) is 6.04 Å². The Hall–Kier alpha value is -2.64. The second-order valence-electron chi connectivity index (χ2n) is 5.96. The normalized spacial score (nSPS) is 15.2. The van der Waals surface area contributed by atoms with Crippen LogP contribution in [-0.4, -0.2) is 48.4 Å². The van der Waals surface area contributed by atoms with Gasteiger partial charge < -0.3 is 9.74 Å². The van der Waals surface area contributed by atoms with Crippen molar-refractivity contribution < 1.29 is 4.79 Å². The smallest absolute Gasteiger partial charge is 0.302 e. The summed E-state index contributed by atoms with van der Waals surface area (Å²) in [5.74, 6) is -0.0550. The molecule has 4 heteroatoms. The molecule has 2 aromatic rings. The quantitative estimate of drug-likeness (QED) is 0.811. The third-order valence-corrected chi connectivity index (χ3v) is 4.48. The van der Waals surface area contributed by atoms with Gasteiger partial charge in [0.05, 0.1) is 6.04 Å². The van der Waals surface area contributed by atoms with Gasteiger partial charge in [-0.3, -0.25) is 9.69 Å². The Labute approximate surface area is 143 Å². The molecule has 0 saturated carbocycles. The second-order valence-corrected chi connectivity index (χ2v) is 5.96. The Morgan fingerprint density at radius 2 is 1.42 bits per heavy atom. The fraction of sp³-hybridized carbons (Fsp3) is 0.300. The van der Waals surface area contributed by atoms with Crippen LogP contribution in [0.25, 0.3) is 4.85 Å². The van der Waals surface area contributed by atoms with E-state index in [1.807, 2.05) is 17.0 Å². The zero-order chi connectivity index (χ0) is 16.8. The van der Waals surface area contributed by atoms with Gasteiger partial charge >= 0.3 is 5.91 Å². The highest BCUT2D eigenvalue weighted by atomic mass is 16.2. The SMILES string of the molecule is [C-]#[N+]CC(=O)N1CCN(C(c2ccccc2)c2ccccc2)CC1. The molecule has 1 saturated heterocycles. The Bertz CT molecular complexity index is 661. The van der Waals surface area contributed by atoms with Crippen LogP contribution in [0.1, 0.15) is 17.2 Å². The molecule has 1 heterocycles. The molecule has 1 aliphatic heterocycles. The molecular weight excluding hydrogens is 298 g/mol. The summed E-state index contributed by atoms with van der Waals surface area (Å²) in [6, 6.07) is 21.2. The molecule has 0 bridgehead atoms. The average Bonchev–Trinajstić information content (AvgIpc) is 2.64. The highest BCUT2D eigenvalue weighted by Gasteiger charge is 2.28. The van der Waals surface area contributed by atoms with Gasteiger partial charge in [0.25, 0.3) is 6.54 Å². The summed E-state index contributed by atoms with van der Waals surface area (Å²) >= 11 is 0. The van der Waals surface area contributed by atoms with Gasteiger partial charge in [0.1, 0.15) is 0 Å². The lowest BCUT2D eigenvalue weighted by molar-refractivity contribution is -0.131. The highest BCUT2D eigenvalue weighted by molar-refractivity contribution is 5.79. The molecule has 0 radical (unpaired) electrons. The van der Waals surface area contributed by atoms with E-state index in [0.717, 1.165) is 13.1 Å². The number of nitrogens with zero attached hydrogens (tertiary/aromatic N) is 3. The van der Waals surface area contributed by atoms with Crippen LogP contribution >= 0.6 is 0 Å². The molecule has 0 spiro atoms. The Morgan fingerprint density at radius 3 is 1.88 bits per heavy atom. The largest absolute Gasteiger partial charge is 0.334 e. The van der Waals surface area contributed by atoms with E-state index in [1.54, 1.807) is 0 Å². The average molecular weight is 319 g/mol. The van der Waals surface area contributed by atoms with Gasteiger partial charge in [0.2, 0.25) is 0 Å². The van der Waals surface area contributed by atoms with Crippen molar-refractivity contribution in [2.75, 3.05) is 32.7 Å². The summed E-state index contributed by atoms with van der Waals surface area (Å²) in [6.45, 7) is 9.82. The van der Waals surface area contributed by atoms with Crippen LogP contribution < -0.4 is 0 Å². The number of piperazine rings is 1. The summed E-state index contributed by atoms with van der Waals surface area (Å²) in [7, 11) is 0. The van der Waals surface area contributed by atoms with Crippen molar-refractivity contribution in [3.8, 4) is 0 Å². The first-order valence-electron chi connectivity index (χ1n) is 8.24. The van der Waals surface area contributed by atoms with E-state index in [0.29, 0.717) is 13.1 Å². The van der Waals surface area contributed by atoms with Crippen LogP contribution in [0.5, 0.6) is 0 Å². The molecule has 0 aliphatic carbocycles. The maximum absolute atomic E-state index is 11.9. The van der Waals surface area contributed by atoms with Crippen LogP contribution in [-0.2, 0) is 4.79 Å². The van der Waals surface area contributed by atoms with Crippen molar-refractivity contribution in [2.24, 2.45) is 0 Å². The number of rotatable bonds is 4. The molecule has 0 N–H and O–H groups in total. The predicted molar refractivity (Wildman–Crippen MR) is 94.3 cm³/mol. The first-order chi connectivity index (χ1) is 11.8. The first-order valence-corrected chi connectivity index (χ1v) is 8.24. The number of hydrogen-bond donors (Lipinski definition) is 0. The molecule has 122 valence electrons. The lowest BCUT2D eigenvalue weighted by Gasteiger charge is -2.39. The minimum atomic E-state index is -0.0550. The third-order valence-electron chi connectivity index (χ3n) is 4.48. The molecular formula is C20H21N3O. The second kappa shape index (κ2) is 7.76. The van der Waals surface area contributed by atoms with E-state index in [4.69, 9.17) is 6.57 Å².